The van der Waals surface area contributed by atoms with Crippen LogP contribution in [0.2, 0.25) is 0 Å². The smallest absolute Gasteiger partial charge is 0.241 e. The number of nitrogens with one attached hydrogen (secondary N) is 1. The number of methoxy groups -OCH3 is 2. The van der Waals surface area contributed by atoms with Crippen LogP contribution in [-0.2, 0) is 39.3 Å². The normalized spacial score (nSPS) is 11.6. The molecule has 2 rings (SSSR count). The lowest BCUT2D eigenvalue weighted by atomic mass is 10.1. The first-order valence-corrected chi connectivity index (χ1v) is 8.69. The minimum Gasteiger partial charge on any atom is -0.380 e. The average molecular weight is 335 g/mol. The van der Waals surface area contributed by atoms with Gasteiger partial charge < -0.3 is 9.47 Å². The molecule has 0 aromatic heterocycles. The van der Waals surface area contributed by atoms with Gasteiger partial charge in [-0.1, -0.05) is 42.5 Å². The molecular weight excluding hydrogens is 314 g/mol. The Morgan fingerprint density at radius 2 is 1.35 bits per heavy atom. The van der Waals surface area contributed by atoms with Gasteiger partial charge in [-0.25, -0.2) is 13.1 Å². The van der Waals surface area contributed by atoms with Crippen LogP contribution in [0.4, 0.5) is 0 Å². The summed E-state index contributed by atoms with van der Waals surface area (Å²) in [7, 11) is -0.461. The summed E-state index contributed by atoms with van der Waals surface area (Å²) in [5.41, 5.74) is 2.48. The highest BCUT2D eigenvalue weighted by molar-refractivity contribution is 7.89. The van der Waals surface area contributed by atoms with Gasteiger partial charge in [-0.15, -0.1) is 0 Å². The van der Waals surface area contributed by atoms with Crippen molar-refractivity contribution in [1.29, 1.82) is 0 Å². The van der Waals surface area contributed by atoms with Crippen molar-refractivity contribution in [3.05, 3.63) is 65.2 Å². The van der Waals surface area contributed by atoms with Crippen LogP contribution in [0.15, 0.2) is 53.4 Å². The fourth-order valence-electron chi connectivity index (χ4n) is 2.32. The predicted molar refractivity (Wildman–Crippen MR) is 88.3 cm³/mol. The van der Waals surface area contributed by atoms with E-state index < -0.39 is 10.0 Å². The number of benzene rings is 2. The van der Waals surface area contributed by atoms with Crippen LogP contribution < -0.4 is 4.72 Å². The molecule has 0 radical (unpaired) electrons. The molecule has 0 bridgehead atoms. The number of hydrogen-bond acceptors (Lipinski definition) is 4. The Morgan fingerprint density at radius 3 is 2.00 bits per heavy atom. The van der Waals surface area contributed by atoms with Gasteiger partial charge in [-0.2, -0.15) is 0 Å². The highest BCUT2D eigenvalue weighted by Crippen LogP contribution is 2.17. The van der Waals surface area contributed by atoms with E-state index in [-0.39, 0.29) is 18.0 Å². The summed E-state index contributed by atoms with van der Waals surface area (Å²) >= 11 is 0. The van der Waals surface area contributed by atoms with Crippen molar-refractivity contribution >= 4 is 10.0 Å². The molecule has 0 saturated carbocycles. The largest absolute Gasteiger partial charge is 0.380 e. The Balaban J connectivity index is 2.20. The molecule has 23 heavy (non-hydrogen) atoms. The van der Waals surface area contributed by atoms with E-state index >= 15 is 0 Å². The van der Waals surface area contributed by atoms with E-state index in [0.717, 1.165) is 11.1 Å². The van der Waals surface area contributed by atoms with Crippen LogP contribution in [0.5, 0.6) is 0 Å². The minimum absolute atomic E-state index is 0.211. The number of ether oxygens (including phenoxy) is 2. The molecule has 5 nitrogen and oxygen atoms in total. The van der Waals surface area contributed by atoms with Crippen molar-refractivity contribution < 1.29 is 17.9 Å². The monoisotopic (exact) mass is 335 g/mol. The SMILES string of the molecule is COCc1ccccc1CNS(=O)(=O)c1ccccc1COC. The maximum Gasteiger partial charge on any atom is 0.241 e. The zero-order chi connectivity index (χ0) is 16.7. The summed E-state index contributed by atoms with van der Waals surface area (Å²) in [5, 5.41) is 0. The quantitative estimate of drug-likeness (QED) is 0.805. The lowest BCUT2D eigenvalue weighted by molar-refractivity contribution is 0.182. The van der Waals surface area contributed by atoms with Gasteiger partial charge in [0.2, 0.25) is 10.0 Å². The van der Waals surface area contributed by atoms with Crippen LogP contribution in [0.1, 0.15) is 16.7 Å². The number of hydrogen-bond donors (Lipinski definition) is 1. The first-order valence-electron chi connectivity index (χ1n) is 7.20. The molecule has 0 aliphatic heterocycles. The summed E-state index contributed by atoms with van der Waals surface area (Å²) in [6.07, 6.45) is 0. The van der Waals surface area contributed by atoms with Crippen molar-refractivity contribution in [2.75, 3.05) is 14.2 Å². The van der Waals surface area contributed by atoms with E-state index in [4.69, 9.17) is 9.47 Å². The van der Waals surface area contributed by atoms with E-state index in [1.54, 1.807) is 31.4 Å². The second-order valence-corrected chi connectivity index (χ2v) is 6.80. The first-order chi connectivity index (χ1) is 11.1. The first kappa shape index (κ1) is 17.6. The Kier molecular flexibility index (Phi) is 6.29. The molecule has 6 heteroatoms. The number of sulfonamides is 1. The van der Waals surface area contributed by atoms with Gasteiger partial charge in [0.05, 0.1) is 18.1 Å². The fraction of sp³-hybridized carbons (Fsp3) is 0.294. The molecule has 0 spiro atoms. The molecule has 0 fully saturated rings. The van der Waals surface area contributed by atoms with Crippen molar-refractivity contribution in [3.63, 3.8) is 0 Å². The van der Waals surface area contributed by atoms with Crippen LogP contribution in [-0.4, -0.2) is 22.6 Å². The standard InChI is InChI=1S/C17H21NO4S/c1-21-12-15-8-4-3-7-14(15)11-18-23(19,20)17-10-6-5-9-16(17)13-22-2/h3-10,18H,11-13H2,1-2H3. The minimum atomic E-state index is -3.61. The summed E-state index contributed by atoms with van der Waals surface area (Å²) in [6.45, 7) is 0.901. The maximum absolute atomic E-state index is 12.6. The highest BCUT2D eigenvalue weighted by atomic mass is 32.2. The van der Waals surface area contributed by atoms with Crippen LogP contribution >= 0.6 is 0 Å². The second-order valence-electron chi connectivity index (χ2n) is 5.07. The average Bonchev–Trinajstić information content (AvgIpc) is 2.55. The third kappa shape index (κ3) is 4.62. The number of rotatable bonds is 8. The third-order valence-electron chi connectivity index (χ3n) is 3.43. The van der Waals surface area contributed by atoms with Gasteiger partial charge in [0.15, 0.2) is 0 Å². The summed E-state index contributed by atoms with van der Waals surface area (Å²) < 4.78 is 38.0. The molecule has 2 aromatic carbocycles. The van der Waals surface area contributed by atoms with E-state index in [0.29, 0.717) is 12.2 Å². The van der Waals surface area contributed by atoms with Gasteiger partial charge in [0.1, 0.15) is 0 Å². The Bertz CT molecular complexity index is 744. The van der Waals surface area contributed by atoms with Crippen LogP contribution in [0, 0.1) is 0 Å². The lowest BCUT2D eigenvalue weighted by Gasteiger charge is -2.13. The molecule has 0 heterocycles. The summed E-state index contributed by atoms with van der Waals surface area (Å²) in [5.74, 6) is 0. The molecule has 0 aliphatic carbocycles. The Labute approximate surface area is 137 Å². The van der Waals surface area contributed by atoms with Crippen molar-refractivity contribution in [2.45, 2.75) is 24.7 Å². The van der Waals surface area contributed by atoms with Gasteiger partial charge in [-0.3, -0.25) is 0 Å². The molecule has 1 N–H and O–H groups in total. The fourth-order valence-corrected chi connectivity index (χ4v) is 3.55. The molecule has 124 valence electrons. The van der Waals surface area contributed by atoms with Crippen molar-refractivity contribution in [2.24, 2.45) is 0 Å². The van der Waals surface area contributed by atoms with Crippen LogP contribution in [0.3, 0.4) is 0 Å². The molecule has 0 unspecified atom stereocenters. The Morgan fingerprint density at radius 1 is 0.826 bits per heavy atom. The highest BCUT2D eigenvalue weighted by Gasteiger charge is 2.18. The molecule has 0 atom stereocenters. The maximum atomic E-state index is 12.6. The van der Waals surface area contributed by atoms with E-state index in [2.05, 4.69) is 4.72 Å². The van der Waals surface area contributed by atoms with Gasteiger partial charge in [0, 0.05) is 20.8 Å². The van der Waals surface area contributed by atoms with Crippen molar-refractivity contribution in [3.8, 4) is 0 Å². The molecule has 0 amide bonds. The van der Waals surface area contributed by atoms with E-state index in [1.807, 2.05) is 24.3 Å². The zero-order valence-electron chi connectivity index (χ0n) is 13.3. The topological polar surface area (TPSA) is 64.6 Å². The lowest BCUT2D eigenvalue weighted by Crippen LogP contribution is -2.25. The van der Waals surface area contributed by atoms with Gasteiger partial charge in [0.25, 0.3) is 0 Å². The van der Waals surface area contributed by atoms with Gasteiger partial charge in [-0.05, 0) is 22.8 Å². The zero-order valence-corrected chi connectivity index (χ0v) is 14.1. The predicted octanol–water partition coefficient (Wildman–Crippen LogP) is 2.46. The van der Waals surface area contributed by atoms with Crippen LogP contribution in [0.25, 0.3) is 0 Å². The van der Waals surface area contributed by atoms with E-state index in [9.17, 15) is 8.42 Å². The molecule has 0 aliphatic rings. The Hall–Kier alpha value is -1.73. The molecule has 0 saturated heterocycles. The van der Waals surface area contributed by atoms with Crippen molar-refractivity contribution in [1.82, 2.24) is 4.72 Å². The third-order valence-corrected chi connectivity index (χ3v) is 4.93. The van der Waals surface area contributed by atoms with Gasteiger partial charge >= 0.3 is 0 Å². The molecule has 2 aromatic rings. The molecular formula is C17H21NO4S. The second kappa shape index (κ2) is 8.21. The summed E-state index contributed by atoms with van der Waals surface area (Å²) in [4.78, 5) is 0.242. The summed E-state index contributed by atoms with van der Waals surface area (Å²) in [6, 6.07) is 14.4. The van der Waals surface area contributed by atoms with E-state index in [1.165, 1.54) is 7.11 Å².